The van der Waals surface area contributed by atoms with Gasteiger partial charge in [-0.15, -0.1) is 0 Å². The van der Waals surface area contributed by atoms with Crippen molar-refractivity contribution < 1.29 is 9.13 Å². The van der Waals surface area contributed by atoms with Crippen LogP contribution >= 0.6 is 0 Å². The predicted octanol–water partition coefficient (Wildman–Crippen LogP) is 1.90. The Bertz CT molecular complexity index is 312. The molecule has 0 unspecified atom stereocenters. The van der Waals surface area contributed by atoms with Crippen molar-refractivity contribution in [2.45, 2.75) is 13.3 Å². The molecule has 0 saturated carbocycles. The van der Waals surface area contributed by atoms with Gasteiger partial charge in [-0.05, 0) is 44.1 Å². The molecule has 0 spiro atoms. The van der Waals surface area contributed by atoms with Crippen LogP contribution in [0.15, 0.2) is 12.1 Å². The Balaban J connectivity index is 2.95. The zero-order valence-electron chi connectivity index (χ0n) is 8.86. The van der Waals surface area contributed by atoms with E-state index >= 15 is 0 Å². The van der Waals surface area contributed by atoms with Crippen molar-refractivity contribution in [1.29, 1.82) is 0 Å². The van der Waals surface area contributed by atoms with Crippen molar-refractivity contribution in [1.82, 2.24) is 5.32 Å². The monoisotopic (exact) mass is 197 g/mol. The number of aryl methyl sites for hydroxylation is 1. The highest BCUT2D eigenvalue weighted by Gasteiger charge is 2.06. The number of hydrogen-bond acceptors (Lipinski definition) is 2. The maximum absolute atomic E-state index is 13.2. The molecule has 0 amide bonds. The van der Waals surface area contributed by atoms with Gasteiger partial charge in [-0.2, -0.15) is 0 Å². The van der Waals surface area contributed by atoms with Crippen molar-refractivity contribution in [3.63, 3.8) is 0 Å². The third-order valence-electron chi connectivity index (χ3n) is 2.21. The molecular weight excluding hydrogens is 181 g/mol. The fourth-order valence-electron chi connectivity index (χ4n) is 1.37. The average Bonchev–Trinajstić information content (AvgIpc) is 2.19. The van der Waals surface area contributed by atoms with Gasteiger partial charge in [0.05, 0.1) is 7.11 Å². The maximum Gasteiger partial charge on any atom is 0.129 e. The number of hydrogen-bond donors (Lipinski definition) is 1. The highest BCUT2D eigenvalue weighted by molar-refractivity contribution is 5.38. The average molecular weight is 197 g/mol. The third-order valence-corrected chi connectivity index (χ3v) is 2.21. The summed E-state index contributed by atoms with van der Waals surface area (Å²) in [6.45, 7) is 2.62. The van der Waals surface area contributed by atoms with Gasteiger partial charge in [0.15, 0.2) is 0 Å². The second-order valence-electron chi connectivity index (χ2n) is 3.27. The molecule has 2 nitrogen and oxygen atoms in total. The summed E-state index contributed by atoms with van der Waals surface area (Å²) in [7, 11) is 3.45. The molecule has 0 fully saturated rings. The number of methoxy groups -OCH3 is 1. The number of nitrogens with one attached hydrogen (secondary N) is 1. The van der Waals surface area contributed by atoms with E-state index in [0.29, 0.717) is 11.3 Å². The predicted molar refractivity (Wildman–Crippen MR) is 55.3 cm³/mol. The topological polar surface area (TPSA) is 21.3 Å². The van der Waals surface area contributed by atoms with Crippen LogP contribution in [0.25, 0.3) is 0 Å². The number of benzene rings is 1. The lowest BCUT2D eigenvalue weighted by Crippen LogP contribution is -2.11. The zero-order valence-corrected chi connectivity index (χ0v) is 8.86. The fraction of sp³-hybridized carbons (Fsp3) is 0.455. The third kappa shape index (κ3) is 2.45. The number of ether oxygens (including phenoxy) is 1. The summed E-state index contributed by atoms with van der Waals surface area (Å²) in [4.78, 5) is 0. The Hall–Kier alpha value is -1.09. The molecule has 0 aliphatic carbocycles. The smallest absolute Gasteiger partial charge is 0.129 e. The lowest BCUT2D eigenvalue weighted by molar-refractivity contribution is 0.405. The van der Waals surface area contributed by atoms with E-state index in [1.54, 1.807) is 14.0 Å². The van der Waals surface area contributed by atoms with Gasteiger partial charge in [0.1, 0.15) is 11.6 Å². The Labute approximate surface area is 84.1 Å². The molecule has 0 saturated heterocycles. The molecular formula is C11H16FNO. The first kappa shape index (κ1) is 11.0. The number of likely N-dealkylation sites (N-methyl/N-ethyl adjacent to an activating group) is 1. The molecule has 14 heavy (non-hydrogen) atoms. The minimum absolute atomic E-state index is 0.213. The minimum atomic E-state index is -0.213. The van der Waals surface area contributed by atoms with E-state index in [-0.39, 0.29) is 5.82 Å². The SMILES string of the molecule is CNCCc1cc(C)c(F)cc1OC. The van der Waals surface area contributed by atoms with Crippen LogP contribution in [0.2, 0.25) is 0 Å². The molecule has 0 heterocycles. The van der Waals surface area contributed by atoms with Gasteiger partial charge in [0, 0.05) is 6.07 Å². The van der Waals surface area contributed by atoms with Crippen LogP contribution in [0.5, 0.6) is 5.75 Å². The molecule has 0 aliphatic rings. The van der Waals surface area contributed by atoms with Crippen molar-refractivity contribution in [3.05, 3.63) is 29.1 Å². The molecule has 0 atom stereocenters. The van der Waals surface area contributed by atoms with Crippen LogP contribution in [0, 0.1) is 12.7 Å². The van der Waals surface area contributed by atoms with Crippen molar-refractivity contribution >= 4 is 0 Å². The summed E-state index contributed by atoms with van der Waals surface area (Å²) in [6.07, 6.45) is 0.848. The highest BCUT2D eigenvalue weighted by atomic mass is 19.1. The number of halogens is 1. The quantitative estimate of drug-likeness (QED) is 0.796. The molecule has 0 aromatic heterocycles. The van der Waals surface area contributed by atoms with E-state index in [2.05, 4.69) is 5.32 Å². The summed E-state index contributed by atoms with van der Waals surface area (Å²) in [6, 6.07) is 3.28. The van der Waals surface area contributed by atoms with Crippen LogP contribution < -0.4 is 10.1 Å². The van der Waals surface area contributed by atoms with E-state index in [4.69, 9.17) is 4.74 Å². The summed E-state index contributed by atoms with van der Waals surface area (Å²) >= 11 is 0. The van der Waals surface area contributed by atoms with Gasteiger partial charge in [-0.1, -0.05) is 0 Å². The second kappa shape index (κ2) is 4.96. The Morgan fingerprint density at radius 1 is 1.43 bits per heavy atom. The first-order chi connectivity index (χ1) is 6.69. The van der Waals surface area contributed by atoms with E-state index in [9.17, 15) is 4.39 Å². The minimum Gasteiger partial charge on any atom is -0.496 e. The summed E-state index contributed by atoms with van der Waals surface area (Å²) in [5.74, 6) is 0.415. The van der Waals surface area contributed by atoms with Crippen molar-refractivity contribution in [2.24, 2.45) is 0 Å². The van der Waals surface area contributed by atoms with Crippen molar-refractivity contribution in [3.8, 4) is 5.75 Å². The standard InChI is InChI=1S/C11H16FNO/c1-8-6-9(4-5-13-2)11(14-3)7-10(8)12/h6-7,13H,4-5H2,1-3H3. The molecule has 0 aliphatic heterocycles. The van der Waals surface area contributed by atoms with Crippen LogP contribution in [0.4, 0.5) is 4.39 Å². The van der Waals surface area contributed by atoms with E-state index in [1.165, 1.54) is 6.07 Å². The number of rotatable bonds is 4. The largest absolute Gasteiger partial charge is 0.496 e. The van der Waals surface area contributed by atoms with E-state index < -0.39 is 0 Å². The summed E-state index contributed by atoms with van der Waals surface area (Å²) in [5, 5.41) is 3.05. The molecule has 1 aromatic rings. The molecule has 1 rings (SSSR count). The normalized spacial score (nSPS) is 10.3. The molecule has 3 heteroatoms. The van der Waals surface area contributed by atoms with E-state index in [1.807, 2.05) is 13.1 Å². The molecule has 1 aromatic carbocycles. The summed E-state index contributed by atoms with van der Waals surface area (Å²) < 4.78 is 18.3. The highest BCUT2D eigenvalue weighted by Crippen LogP contribution is 2.22. The lowest BCUT2D eigenvalue weighted by atomic mass is 10.1. The lowest BCUT2D eigenvalue weighted by Gasteiger charge is -2.09. The maximum atomic E-state index is 13.2. The van der Waals surface area contributed by atoms with Gasteiger partial charge in [-0.25, -0.2) is 4.39 Å². The molecule has 1 N–H and O–H groups in total. The van der Waals surface area contributed by atoms with Crippen LogP contribution in [0.3, 0.4) is 0 Å². The first-order valence-corrected chi connectivity index (χ1v) is 4.66. The zero-order chi connectivity index (χ0) is 10.6. The Morgan fingerprint density at radius 2 is 2.14 bits per heavy atom. The van der Waals surface area contributed by atoms with Gasteiger partial charge in [0.2, 0.25) is 0 Å². The van der Waals surface area contributed by atoms with Gasteiger partial charge >= 0.3 is 0 Å². The van der Waals surface area contributed by atoms with Gasteiger partial charge < -0.3 is 10.1 Å². The first-order valence-electron chi connectivity index (χ1n) is 4.66. The van der Waals surface area contributed by atoms with Crippen molar-refractivity contribution in [2.75, 3.05) is 20.7 Å². The van der Waals surface area contributed by atoms with Gasteiger partial charge in [0.25, 0.3) is 0 Å². The fourth-order valence-corrected chi connectivity index (χ4v) is 1.37. The van der Waals surface area contributed by atoms with Crippen LogP contribution in [0.1, 0.15) is 11.1 Å². The Kier molecular flexibility index (Phi) is 3.89. The van der Waals surface area contributed by atoms with Crippen LogP contribution in [-0.4, -0.2) is 20.7 Å². The molecule has 0 bridgehead atoms. The van der Waals surface area contributed by atoms with Crippen LogP contribution in [-0.2, 0) is 6.42 Å². The second-order valence-corrected chi connectivity index (χ2v) is 3.27. The molecule has 78 valence electrons. The Morgan fingerprint density at radius 3 is 2.71 bits per heavy atom. The van der Waals surface area contributed by atoms with E-state index in [0.717, 1.165) is 18.5 Å². The summed E-state index contributed by atoms with van der Waals surface area (Å²) in [5.41, 5.74) is 1.71. The van der Waals surface area contributed by atoms with Gasteiger partial charge in [-0.3, -0.25) is 0 Å². The molecule has 0 radical (unpaired) electrons.